The molecule has 0 aromatic heterocycles. The highest BCUT2D eigenvalue weighted by Crippen LogP contribution is 2.28. The Morgan fingerprint density at radius 3 is 2.59 bits per heavy atom. The van der Waals surface area contributed by atoms with E-state index in [4.69, 9.17) is 9.47 Å². The molecule has 1 saturated heterocycles. The number of non-ortho nitro benzene ring substituents is 1. The molecular formula is C17H25N4O6+. The van der Waals surface area contributed by atoms with E-state index in [2.05, 4.69) is 5.32 Å². The number of hydrogen-bond donors (Lipinski definition) is 2. The van der Waals surface area contributed by atoms with Gasteiger partial charge in [-0.2, -0.15) is 0 Å². The van der Waals surface area contributed by atoms with Gasteiger partial charge in [0.2, 0.25) is 0 Å². The summed E-state index contributed by atoms with van der Waals surface area (Å²) in [6.07, 6.45) is -0.338. The number of benzene rings is 1. The number of rotatable bonds is 6. The first-order chi connectivity index (χ1) is 12.9. The Kier molecular flexibility index (Phi) is 6.94. The van der Waals surface area contributed by atoms with Crippen molar-refractivity contribution in [3.05, 3.63) is 28.3 Å². The number of ether oxygens (including phenoxy) is 2. The number of methoxy groups -OCH3 is 1. The molecule has 1 aliphatic heterocycles. The molecule has 148 valence electrons. The molecule has 0 unspecified atom stereocenters. The number of hydrogen-bond acceptors (Lipinski definition) is 6. The molecule has 0 spiro atoms. The van der Waals surface area contributed by atoms with Gasteiger partial charge < -0.3 is 19.7 Å². The molecule has 2 amide bonds. The normalized spacial score (nSPS) is 15.7. The van der Waals surface area contributed by atoms with Gasteiger partial charge in [-0.25, -0.2) is 4.79 Å². The number of carbonyl (C=O) groups excluding carboxylic acids is 2. The lowest BCUT2D eigenvalue weighted by Crippen LogP contribution is -3.19. The third kappa shape index (κ3) is 5.07. The van der Waals surface area contributed by atoms with Crippen LogP contribution in [0.2, 0.25) is 0 Å². The third-order valence-electron chi connectivity index (χ3n) is 4.59. The van der Waals surface area contributed by atoms with Crippen LogP contribution in [0.3, 0.4) is 0 Å². The fourth-order valence-electron chi connectivity index (χ4n) is 2.96. The van der Waals surface area contributed by atoms with Gasteiger partial charge in [-0.05, 0) is 19.9 Å². The highest BCUT2D eigenvalue weighted by Gasteiger charge is 2.31. The molecule has 1 aromatic rings. The van der Waals surface area contributed by atoms with Crippen molar-refractivity contribution in [1.29, 1.82) is 0 Å². The molecule has 1 atom stereocenters. The number of anilines is 1. The number of carbonyl (C=O) groups is 2. The molecule has 1 aliphatic rings. The van der Waals surface area contributed by atoms with Crippen molar-refractivity contribution >= 4 is 23.4 Å². The lowest BCUT2D eigenvalue weighted by Gasteiger charge is -2.34. The van der Waals surface area contributed by atoms with Gasteiger partial charge in [-0.3, -0.25) is 19.8 Å². The van der Waals surface area contributed by atoms with Crippen molar-refractivity contribution in [2.45, 2.75) is 19.9 Å². The fraction of sp³-hybridized carbons (Fsp3) is 0.529. The molecule has 1 fully saturated rings. The second kappa shape index (κ2) is 9.17. The largest absolute Gasteiger partial charge is 0.495 e. The quantitative estimate of drug-likeness (QED) is 0.540. The van der Waals surface area contributed by atoms with Crippen molar-refractivity contribution < 1.29 is 28.9 Å². The molecule has 10 heteroatoms. The number of nitro benzene ring substituents is 1. The Morgan fingerprint density at radius 1 is 1.37 bits per heavy atom. The molecule has 1 heterocycles. The van der Waals surface area contributed by atoms with Crippen molar-refractivity contribution in [2.75, 3.05) is 45.2 Å². The summed E-state index contributed by atoms with van der Waals surface area (Å²) in [7, 11) is 1.43. The Bertz CT molecular complexity index is 703. The van der Waals surface area contributed by atoms with E-state index in [-0.39, 0.29) is 23.4 Å². The van der Waals surface area contributed by atoms with Crippen LogP contribution in [0, 0.1) is 10.1 Å². The van der Waals surface area contributed by atoms with E-state index in [1.165, 1.54) is 25.3 Å². The second-order valence-corrected chi connectivity index (χ2v) is 6.20. The zero-order chi connectivity index (χ0) is 20.0. The SMILES string of the molecule is CCOC(=O)N1CC[NH+]([C@H](C)C(=O)Nc2cc([N+](=O)[O-])ccc2OC)CC1. The van der Waals surface area contributed by atoms with Crippen LogP contribution in [0.4, 0.5) is 16.2 Å². The first-order valence-corrected chi connectivity index (χ1v) is 8.77. The lowest BCUT2D eigenvalue weighted by molar-refractivity contribution is -0.917. The monoisotopic (exact) mass is 381 g/mol. The number of nitrogens with zero attached hydrogens (tertiary/aromatic N) is 2. The fourth-order valence-corrected chi connectivity index (χ4v) is 2.96. The number of nitro groups is 1. The van der Waals surface area contributed by atoms with Crippen molar-refractivity contribution in [1.82, 2.24) is 4.90 Å². The van der Waals surface area contributed by atoms with E-state index in [0.29, 0.717) is 38.5 Å². The zero-order valence-corrected chi connectivity index (χ0v) is 15.7. The van der Waals surface area contributed by atoms with Crippen LogP contribution in [-0.4, -0.2) is 67.8 Å². The van der Waals surface area contributed by atoms with Crippen LogP contribution in [0.25, 0.3) is 0 Å². The summed E-state index contributed by atoms with van der Waals surface area (Å²) in [4.78, 5) is 37.4. The highest BCUT2D eigenvalue weighted by atomic mass is 16.6. The average molecular weight is 381 g/mol. The molecule has 10 nitrogen and oxygen atoms in total. The number of amides is 2. The van der Waals surface area contributed by atoms with Gasteiger partial charge in [0.15, 0.2) is 6.04 Å². The maximum atomic E-state index is 12.6. The van der Waals surface area contributed by atoms with E-state index in [9.17, 15) is 19.7 Å². The van der Waals surface area contributed by atoms with E-state index in [1.807, 2.05) is 0 Å². The first-order valence-electron chi connectivity index (χ1n) is 8.77. The van der Waals surface area contributed by atoms with Crippen LogP contribution in [0.1, 0.15) is 13.8 Å². The minimum absolute atomic E-state index is 0.130. The van der Waals surface area contributed by atoms with Crippen molar-refractivity contribution in [3.8, 4) is 5.75 Å². The standard InChI is InChI=1S/C17H24N4O6/c1-4-27-17(23)20-9-7-19(8-10-20)12(2)16(22)18-14-11-13(21(24)25)5-6-15(14)26-3/h5-6,11-12H,4,7-10H2,1-3H3,(H,18,22)/p+1/t12-/m1/s1. The topological polar surface area (TPSA) is 115 Å². The molecular weight excluding hydrogens is 356 g/mol. The molecule has 2 N–H and O–H groups in total. The Balaban J connectivity index is 1.99. The summed E-state index contributed by atoms with van der Waals surface area (Å²) in [5.41, 5.74) is 0.127. The molecule has 2 rings (SSSR count). The van der Waals surface area contributed by atoms with Crippen LogP contribution < -0.4 is 15.0 Å². The van der Waals surface area contributed by atoms with E-state index < -0.39 is 11.0 Å². The molecule has 0 bridgehead atoms. The average Bonchev–Trinajstić information content (AvgIpc) is 2.67. The van der Waals surface area contributed by atoms with Gasteiger partial charge in [0.1, 0.15) is 5.75 Å². The predicted molar refractivity (Wildman–Crippen MR) is 97.0 cm³/mol. The van der Waals surface area contributed by atoms with Crippen LogP contribution in [-0.2, 0) is 9.53 Å². The van der Waals surface area contributed by atoms with Crippen molar-refractivity contribution in [2.24, 2.45) is 0 Å². The summed E-state index contributed by atoms with van der Waals surface area (Å²) in [6.45, 7) is 6.11. The maximum Gasteiger partial charge on any atom is 0.410 e. The number of quaternary nitrogens is 1. The molecule has 27 heavy (non-hydrogen) atoms. The summed E-state index contributed by atoms with van der Waals surface area (Å²) >= 11 is 0. The van der Waals surface area contributed by atoms with Gasteiger partial charge in [-0.15, -0.1) is 0 Å². The van der Waals surface area contributed by atoms with E-state index in [0.717, 1.165) is 4.90 Å². The lowest BCUT2D eigenvalue weighted by atomic mass is 10.2. The van der Waals surface area contributed by atoms with Crippen molar-refractivity contribution in [3.63, 3.8) is 0 Å². The van der Waals surface area contributed by atoms with Gasteiger partial charge >= 0.3 is 6.09 Å². The van der Waals surface area contributed by atoms with Gasteiger partial charge in [0.25, 0.3) is 11.6 Å². The van der Waals surface area contributed by atoms with Crippen LogP contribution in [0.5, 0.6) is 5.75 Å². The predicted octanol–water partition coefficient (Wildman–Crippen LogP) is 0.287. The van der Waals surface area contributed by atoms with E-state index in [1.54, 1.807) is 18.7 Å². The van der Waals surface area contributed by atoms with Gasteiger partial charge in [-0.1, -0.05) is 0 Å². The van der Waals surface area contributed by atoms with E-state index >= 15 is 0 Å². The number of nitrogens with one attached hydrogen (secondary N) is 2. The zero-order valence-electron chi connectivity index (χ0n) is 15.7. The summed E-state index contributed by atoms with van der Waals surface area (Å²) in [6, 6.07) is 3.65. The third-order valence-corrected chi connectivity index (χ3v) is 4.59. The van der Waals surface area contributed by atoms with Gasteiger partial charge in [0, 0.05) is 12.1 Å². The first kappa shape index (κ1) is 20.4. The van der Waals surface area contributed by atoms with Crippen LogP contribution in [0.15, 0.2) is 18.2 Å². The minimum atomic E-state index is -0.529. The highest BCUT2D eigenvalue weighted by molar-refractivity contribution is 5.95. The molecule has 1 aromatic carbocycles. The van der Waals surface area contributed by atoms with Crippen LogP contribution >= 0.6 is 0 Å². The molecule has 0 radical (unpaired) electrons. The second-order valence-electron chi connectivity index (χ2n) is 6.20. The Morgan fingerprint density at radius 2 is 2.04 bits per heavy atom. The molecule has 0 saturated carbocycles. The molecule has 0 aliphatic carbocycles. The Hall–Kier alpha value is -2.88. The number of piperazine rings is 1. The minimum Gasteiger partial charge on any atom is -0.495 e. The summed E-state index contributed by atoms with van der Waals surface area (Å²) in [5, 5.41) is 13.7. The smallest absolute Gasteiger partial charge is 0.410 e. The summed E-state index contributed by atoms with van der Waals surface area (Å²) < 4.78 is 10.2. The summed E-state index contributed by atoms with van der Waals surface area (Å²) in [5.74, 6) is 0.0802. The Labute approximate surface area is 157 Å². The maximum absolute atomic E-state index is 12.6. The van der Waals surface area contributed by atoms with Gasteiger partial charge in [0.05, 0.1) is 50.5 Å².